The zero-order valence-corrected chi connectivity index (χ0v) is 12.9. The number of nitrogens with two attached hydrogens (primary N) is 2. The number of carbonyl (C=O) groups is 1. The maximum absolute atomic E-state index is 12.2. The largest absolute Gasteiger partial charge is 0.394 e. The fourth-order valence-corrected chi connectivity index (χ4v) is 2.84. The lowest BCUT2D eigenvalue weighted by Gasteiger charge is -2.39. The van der Waals surface area contributed by atoms with Crippen molar-refractivity contribution in [2.75, 3.05) is 17.7 Å². The number of amides is 1. The van der Waals surface area contributed by atoms with Crippen molar-refractivity contribution in [3.63, 3.8) is 0 Å². The maximum Gasteiger partial charge on any atom is 0.351 e. The Kier molecular flexibility index (Phi) is 4.16. The summed E-state index contributed by atoms with van der Waals surface area (Å²) in [5.41, 5.74) is 9.87. The third kappa shape index (κ3) is 2.71. The van der Waals surface area contributed by atoms with Crippen molar-refractivity contribution in [2.24, 2.45) is 5.73 Å². The van der Waals surface area contributed by atoms with Gasteiger partial charge in [-0.15, -0.1) is 0 Å². The Hall–Kier alpha value is -2.96. The molecule has 0 aliphatic carbocycles. The fourth-order valence-electron chi connectivity index (χ4n) is 2.84. The average molecular weight is 351 g/mol. The van der Waals surface area contributed by atoms with Gasteiger partial charge in [-0.1, -0.05) is 0 Å². The Morgan fingerprint density at radius 1 is 1.44 bits per heavy atom. The van der Waals surface area contributed by atoms with E-state index < -0.39 is 42.6 Å². The van der Waals surface area contributed by atoms with E-state index in [0.29, 0.717) is 0 Å². The number of primary amides is 1. The van der Waals surface area contributed by atoms with E-state index in [2.05, 4.69) is 15.3 Å². The second-order valence-electron chi connectivity index (χ2n) is 5.58. The van der Waals surface area contributed by atoms with Crippen molar-refractivity contribution in [3.8, 4) is 0 Å². The van der Waals surface area contributed by atoms with Crippen LogP contribution in [0.15, 0.2) is 23.4 Å². The van der Waals surface area contributed by atoms with Gasteiger partial charge in [0.25, 0.3) is 5.91 Å². The average Bonchev–Trinajstić information content (AvgIpc) is 2.98. The normalized spacial score (nSPS) is 23.6. The first-order chi connectivity index (χ1) is 11.8. The molecule has 25 heavy (non-hydrogen) atoms. The highest BCUT2D eigenvalue weighted by atomic mass is 16.3. The molecule has 0 saturated carbocycles. The van der Waals surface area contributed by atoms with Gasteiger partial charge >= 0.3 is 5.69 Å². The Bertz CT molecular complexity index is 863. The number of aliphatic hydroxyl groups is 3. The van der Waals surface area contributed by atoms with Crippen LogP contribution in [-0.4, -0.2) is 65.2 Å². The molecule has 0 fully saturated rings. The Labute approximate surface area is 140 Å². The van der Waals surface area contributed by atoms with Crippen LogP contribution in [0.1, 0.15) is 16.7 Å². The molecule has 12 nitrogen and oxygen atoms in total. The number of imidazole rings is 1. The fraction of sp³-hybridized carbons (Fsp3) is 0.385. The van der Waals surface area contributed by atoms with Gasteiger partial charge < -0.3 is 32.1 Å². The van der Waals surface area contributed by atoms with Gasteiger partial charge in [0, 0.05) is 6.20 Å². The third-order valence-electron chi connectivity index (χ3n) is 4.03. The van der Waals surface area contributed by atoms with Crippen molar-refractivity contribution in [3.05, 3.63) is 34.8 Å². The molecule has 3 rings (SSSR count). The summed E-state index contributed by atoms with van der Waals surface area (Å²) in [7, 11) is 0. The van der Waals surface area contributed by atoms with E-state index in [-0.39, 0.29) is 17.3 Å². The molecule has 12 heteroatoms. The van der Waals surface area contributed by atoms with E-state index in [1.165, 1.54) is 23.2 Å². The van der Waals surface area contributed by atoms with Crippen LogP contribution < -0.4 is 22.5 Å². The lowest BCUT2D eigenvalue weighted by atomic mass is 9.99. The number of fused-ring (bicyclic) bond motifs is 1. The van der Waals surface area contributed by atoms with Crippen LogP contribution in [0, 0.1) is 0 Å². The van der Waals surface area contributed by atoms with Gasteiger partial charge in [0.05, 0.1) is 25.1 Å². The van der Waals surface area contributed by atoms with Crippen LogP contribution in [0.25, 0.3) is 0 Å². The van der Waals surface area contributed by atoms with Crippen LogP contribution in [0.3, 0.4) is 0 Å². The first-order valence-electron chi connectivity index (χ1n) is 7.30. The Morgan fingerprint density at radius 3 is 2.76 bits per heavy atom. The van der Waals surface area contributed by atoms with E-state index in [1.807, 2.05) is 0 Å². The summed E-state index contributed by atoms with van der Waals surface area (Å²) in [4.78, 5) is 31.2. The first kappa shape index (κ1) is 16.9. The summed E-state index contributed by atoms with van der Waals surface area (Å²) in [5, 5.41) is 32.6. The summed E-state index contributed by atoms with van der Waals surface area (Å²) < 4.78 is 2.40. The molecule has 0 aromatic carbocycles. The van der Waals surface area contributed by atoms with E-state index in [1.54, 1.807) is 0 Å². The molecule has 2 aromatic heterocycles. The summed E-state index contributed by atoms with van der Waals surface area (Å²) in [5.74, 6) is -0.735. The predicted molar refractivity (Wildman–Crippen MR) is 84.6 cm³/mol. The van der Waals surface area contributed by atoms with Gasteiger partial charge in [0.15, 0.2) is 5.69 Å². The van der Waals surface area contributed by atoms with Gasteiger partial charge in [-0.3, -0.25) is 13.9 Å². The number of rotatable bonds is 4. The van der Waals surface area contributed by atoms with Crippen LogP contribution >= 0.6 is 0 Å². The standard InChI is InChI=1S/C13H17N7O5/c14-6-1-2-19(13(25)17-6)12-9(23)7(5(22)3-21)18-11-8(10(15)24)16-4-20(11)12/h1-2,4-5,7,9,12,18,21-23H,3H2,(H2,15,24)(H2,14,17,25). The molecule has 0 saturated heterocycles. The van der Waals surface area contributed by atoms with Crippen LogP contribution in [0.4, 0.5) is 11.6 Å². The number of aromatic nitrogens is 4. The van der Waals surface area contributed by atoms with E-state index in [4.69, 9.17) is 11.5 Å². The number of carbonyl (C=O) groups excluding carboxylic acids is 1. The summed E-state index contributed by atoms with van der Waals surface area (Å²) >= 11 is 0. The highest BCUT2D eigenvalue weighted by molar-refractivity contribution is 5.96. The number of nitrogens with one attached hydrogen (secondary N) is 1. The molecular weight excluding hydrogens is 334 g/mol. The Morgan fingerprint density at radius 2 is 2.16 bits per heavy atom. The zero-order chi connectivity index (χ0) is 18.3. The molecular formula is C13H17N7O5. The number of hydrogen-bond acceptors (Lipinski definition) is 9. The number of hydrogen-bond donors (Lipinski definition) is 6. The van der Waals surface area contributed by atoms with Crippen molar-refractivity contribution in [1.29, 1.82) is 0 Å². The van der Waals surface area contributed by atoms with Crippen molar-refractivity contribution >= 4 is 17.5 Å². The SMILES string of the molecule is NC(=O)c1ncn2c1NC(C(O)CO)C(O)C2n1ccc(N)nc1=O. The highest BCUT2D eigenvalue weighted by Crippen LogP contribution is 2.31. The molecule has 4 unspecified atom stereocenters. The molecule has 0 radical (unpaired) electrons. The first-order valence-corrected chi connectivity index (χ1v) is 7.30. The molecule has 1 amide bonds. The lowest BCUT2D eigenvalue weighted by Crippen LogP contribution is -2.55. The number of anilines is 2. The Balaban J connectivity index is 2.19. The van der Waals surface area contributed by atoms with Crippen molar-refractivity contribution in [1.82, 2.24) is 19.1 Å². The second-order valence-corrected chi connectivity index (χ2v) is 5.58. The minimum Gasteiger partial charge on any atom is -0.394 e. The molecule has 2 aromatic rings. The monoisotopic (exact) mass is 351 g/mol. The maximum atomic E-state index is 12.2. The minimum absolute atomic E-state index is 0.000275. The minimum atomic E-state index is -1.38. The number of nitrogen functional groups attached to an aromatic ring is 1. The zero-order valence-electron chi connectivity index (χ0n) is 12.9. The van der Waals surface area contributed by atoms with Gasteiger partial charge in [-0.05, 0) is 6.07 Å². The quantitative estimate of drug-likeness (QED) is 0.326. The molecule has 0 spiro atoms. The second kappa shape index (κ2) is 6.16. The van der Waals surface area contributed by atoms with Crippen LogP contribution in [0.5, 0.6) is 0 Å². The van der Waals surface area contributed by atoms with Crippen LogP contribution in [0.2, 0.25) is 0 Å². The summed E-state index contributed by atoms with van der Waals surface area (Å²) in [6.45, 7) is -0.656. The lowest BCUT2D eigenvalue weighted by molar-refractivity contribution is -0.00557. The summed E-state index contributed by atoms with van der Waals surface area (Å²) in [6, 6.07) is 0.265. The topological polar surface area (TPSA) is 195 Å². The van der Waals surface area contributed by atoms with Crippen LogP contribution in [-0.2, 0) is 0 Å². The third-order valence-corrected chi connectivity index (χ3v) is 4.03. The molecule has 1 aliphatic rings. The highest BCUT2D eigenvalue weighted by Gasteiger charge is 2.42. The van der Waals surface area contributed by atoms with Gasteiger partial charge in [-0.2, -0.15) is 4.98 Å². The predicted octanol–water partition coefficient (Wildman–Crippen LogP) is -3.32. The van der Waals surface area contributed by atoms with Gasteiger partial charge in [0.1, 0.15) is 23.9 Å². The van der Waals surface area contributed by atoms with Crippen molar-refractivity contribution < 1.29 is 20.1 Å². The number of nitrogens with zero attached hydrogens (tertiary/aromatic N) is 4. The molecule has 8 N–H and O–H groups in total. The smallest absolute Gasteiger partial charge is 0.351 e. The molecule has 134 valence electrons. The van der Waals surface area contributed by atoms with E-state index in [9.17, 15) is 24.9 Å². The van der Waals surface area contributed by atoms with E-state index in [0.717, 1.165) is 4.57 Å². The molecule has 3 heterocycles. The van der Waals surface area contributed by atoms with E-state index >= 15 is 0 Å². The van der Waals surface area contributed by atoms with Gasteiger partial charge in [0.2, 0.25) is 0 Å². The van der Waals surface area contributed by atoms with Gasteiger partial charge in [-0.25, -0.2) is 9.78 Å². The van der Waals surface area contributed by atoms with Crippen molar-refractivity contribution in [2.45, 2.75) is 24.4 Å². The molecule has 0 bridgehead atoms. The molecule has 4 atom stereocenters. The number of aliphatic hydroxyl groups excluding tert-OH is 3. The summed E-state index contributed by atoms with van der Waals surface area (Å²) in [6.07, 6.45) is -1.30. The molecule has 1 aliphatic heterocycles.